The summed E-state index contributed by atoms with van der Waals surface area (Å²) < 4.78 is 5.13. The highest BCUT2D eigenvalue weighted by molar-refractivity contribution is 5.81. The van der Waals surface area contributed by atoms with Crippen LogP contribution in [0.15, 0.2) is 48.5 Å². The Morgan fingerprint density at radius 1 is 1.08 bits per heavy atom. The van der Waals surface area contributed by atoms with Crippen molar-refractivity contribution in [2.45, 2.75) is 39.4 Å². The molecule has 128 valence electrons. The van der Waals surface area contributed by atoms with Crippen molar-refractivity contribution >= 4 is 5.91 Å². The number of rotatable bonds is 7. The second-order valence-electron chi connectivity index (χ2n) is 6.03. The normalized spacial score (nSPS) is 13.2. The van der Waals surface area contributed by atoms with Gasteiger partial charge in [0.15, 0.2) is 0 Å². The predicted molar refractivity (Wildman–Crippen MR) is 97.0 cm³/mol. The number of nitrogens with one attached hydrogen (secondary N) is 2. The van der Waals surface area contributed by atoms with Crippen LogP contribution in [0.25, 0.3) is 0 Å². The number of benzene rings is 2. The molecule has 0 heterocycles. The number of methoxy groups -OCH3 is 1. The molecule has 2 aromatic rings. The summed E-state index contributed by atoms with van der Waals surface area (Å²) in [7, 11) is 1.64. The Hall–Kier alpha value is -2.33. The lowest BCUT2D eigenvalue weighted by molar-refractivity contribution is -0.123. The van der Waals surface area contributed by atoms with E-state index in [9.17, 15) is 4.79 Å². The van der Waals surface area contributed by atoms with Crippen LogP contribution < -0.4 is 15.4 Å². The number of carbonyl (C=O) groups excluding carboxylic acids is 1. The van der Waals surface area contributed by atoms with Crippen LogP contribution in [0, 0.1) is 6.92 Å². The van der Waals surface area contributed by atoms with Crippen molar-refractivity contribution in [2.24, 2.45) is 0 Å². The third-order valence-corrected chi connectivity index (χ3v) is 4.17. The van der Waals surface area contributed by atoms with Crippen molar-refractivity contribution < 1.29 is 9.53 Å². The van der Waals surface area contributed by atoms with Crippen molar-refractivity contribution in [1.29, 1.82) is 0 Å². The zero-order valence-corrected chi connectivity index (χ0v) is 14.8. The van der Waals surface area contributed by atoms with Gasteiger partial charge in [0.2, 0.25) is 5.91 Å². The fourth-order valence-electron chi connectivity index (χ4n) is 2.70. The van der Waals surface area contributed by atoms with Gasteiger partial charge in [0.1, 0.15) is 5.75 Å². The molecule has 2 aromatic carbocycles. The van der Waals surface area contributed by atoms with E-state index in [4.69, 9.17) is 4.74 Å². The van der Waals surface area contributed by atoms with Crippen LogP contribution in [0.1, 0.15) is 36.6 Å². The fraction of sp³-hybridized carbons (Fsp3) is 0.350. The molecule has 0 saturated heterocycles. The van der Waals surface area contributed by atoms with E-state index >= 15 is 0 Å². The van der Waals surface area contributed by atoms with Crippen LogP contribution in [0.2, 0.25) is 0 Å². The second kappa shape index (κ2) is 8.50. The highest BCUT2D eigenvalue weighted by atomic mass is 16.5. The maximum atomic E-state index is 12.3. The number of aryl methyl sites for hydroxylation is 1. The highest BCUT2D eigenvalue weighted by Crippen LogP contribution is 2.17. The average Bonchev–Trinajstić information content (AvgIpc) is 2.60. The molecule has 24 heavy (non-hydrogen) atoms. The Morgan fingerprint density at radius 2 is 1.75 bits per heavy atom. The van der Waals surface area contributed by atoms with E-state index in [1.807, 2.05) is 43.3 Å². The quantitative estimate of drug-likeness (QED) is 0.820. The first-order chi connectivity index (χ1) is 11.5. The Labute approximate surface area is 144 Å². The molecule has 0 aromatic heterocycles. The van der Waals surface area contributed by atoms with Gasteiger partial charge < -0.3 is 10.1 Å². The standard InChI is InChI=1S/C20H26N2O2/c1-14-7-5-6-8-19(14)15(2)22-16(3)20(23)21-13-17-9-11-18(24-4)12-10-17/h5-12,15-16,22H,13H2,1-4H3,(H,21,23)/t15-,16-/m1/s1. The van der Waals surface area contributed by atoms with Crippen LogP contribution in [0.5, 0.6) is 5.75 Å². The van der Waals surface area contributed by atoms with Gasteiger partial charge in [-0.25, -0.2) is 0 Å². The third kappa shape index (κ3) is 4.83. The van der Waals surface area contributed by atoms with Gasteiger partial charge in [-0.3, -0.25) is 10.1 Å². The minimum atomic E-state index is -0.266. The first-order valence-electron chi connectivity index (χ1n) is 8.23. The largest absolute Gasteiger partial charge is 0.497 e. The molecular weight excluding hydrogens is 300 g/mol. The smallest absolute Gasteiger partial charge is 0.237 e. The van der Waals surface area contributed by atoms with Gasteiger partial charge in [0.05, 0.1) is 13.2 Å². The Kier molecular flexibility index (Phi) is 6.38. The molecule has 4 nitrogen and oxygen atoms in total. The monoisotopic (exact) mass is 326 g/mol. The predicted octanol–water partition coefficient (Wildman–Crippen LogP) is 3.36. The van der Waals surface area contributed by atoms with Crippen LogP contribution in [0.3, 0.4) is 0 Å². The molecule has 0 radical (unpaired) electrons. The molecule has 0 fully saturated rings. The van der Waals surface area contributed by atoms with Crippen molar-refractivity contribution in [3.63, 3.8) is 0 Å². The lowest BCUT2D eigenvalue weighted by atomic mass is 10.0. The van der Waals surface area contributed by atoms with Gasteiger partial charge in [-0.1, -0.05) is 36.4 Å². The molecule has 2 rings (SSSR count). The maximum absolute atomic E-state index is 12.3. The van der Waals surface area contributed by atoms with Crippen LogP contribution in [0.4, 0.5) is 0 Å². The van der Waals surface area contributed by atoms with Gasteiger partial charge in [0, 0.05) is 12.6 Å². The Bertz CT molecular complexity index is 668. The van der Waals surface area contributed by atoms with Crippen LogP contribution >= 0.6 is 0 Å². The average molecular weight is 326 g/mol. The first kappa shape index (κ1) is 18.0. The van der Waals surface area contributed by atoms with E-state index in [1.165, 1.54) is 11.1 Å². The molecule has 0 spiro atoms. The minimum absolute atomic E-state index is 0.00810. The highest BCUT2D eigenvalue weighted by Gasteiger charge is 2.16. The topological polar surface area (TPSA) is 50.4 Å². The van der Waals surface area contributed by atoms with Crippen LogP contribution in [-0.4, -0.2) is 19.1 Å². The summed E-state index contributed by atoms with van der Waals surface area (Å²) in [6.07, 6.45) is 0. The van der Waals surface area contributed by atoms with E-state index in [1.54, 1.807) is 7.11 Å². The van der Waals surface area contributed by atoms with E-state index in [0.29, 0.717) is 6.54 Å². The van der Waals surface area contributed by atoms with Crippen molar-refractivity contribution in [3.8, 4) is 5.75 Å². The molecule has 0 saturated carbocycles. The van der Waals surface area contributed by atoms with E-state index in [-0.39, 0.29) is 18.0 Å². The number of ether oxygens (including phenoxy) is 1. The van der Waals surface area contributed by atoms with Crippen molar-refractivity contribution in [1.82, 2.24) is 10.6 Å². The summed E-state index contributed by atoms with van der Waals surface area (Å²) in [5, 5.41) is 6.32. The molecule has 1 amide bonds. The van der Waals surface area contributed by atoms with Gasteiger partial charge in [-0.15, -0.1) is 0 Å². The summed E-state index contributed by atoms with van der Waals surface area (Å²) in [5.74, 6) is 0.804. The molecule has 2 atom stereocenters. The molecule has 2 N–H and O–H groups in total. The maximum Gasteiger partial charge on any atom is 0.237 e. The lowest BCUT2D eigenvalue weighted by Gasteiger charge is -2.21. The zero-order valence-electron chi connectivity index (χ0n) is 14.8. The lowest BCUT2D eigenvalue weighted by Crippen LogP contribution is -2.42. The van der Waals surface area contributed by atoms with Gasteiger partial charge in [-0.2, -0.15) is 0 Å². The SMILES string of the molecule is COc1ccc(CNC(=O)[C@@H](C)N[C@H](C)c2ccccc2C)cc1. The van der Waals surface area contributed by atoms with Crippen molar-refractivity contribution in [3.05, 3.63) is 65.2 Å². The van der Waals surface area contributed by atoms with Gasteiger partial charge in [0.25, 0.3) is 0 Å². The summed E-state index contributed by atoms with van der Waals surface area (Å²) in [4.78, 5) is 12.3. The molecule has 0 aliphatic rings. The number of hydrogen-bond donors (Lipinski definition) is 2. The van der Waals surface area contributed by atoms with Crippen LogP contribution in [-0.2, 0) is 11.3 Å². The molecular formula is C20H26N2O2. The Balaban J connectivity index is 1.86. The minimum Gasteiger partial charge on any atom is -0.497 e. The van der Waals surface area contributed by atoms with Crippen molar-refractivity contribution in [2.75, 3.05) is 7.11 Å². The number of hydrogen-bond acceptors (Lipinski definition) is 3. The molecule has 0 aliphatic carbocycles. The second-order valence-corrected chi connectivity index (χ2v) is 6.03. The van der Waals surface area contributed by atoms with Gasteiger partial charge in [-0.05, 0) is 49.6 Å². The van der Waals surface area contributed by atoms with Gasteiger partial charge >= 0.3 is 0 Å². The molecule has 4 heteroatoms. The fourth-order valence-corrected chi connectivity index (χ4v) is 2.70. The summed E-state index contributed by atoms with van der Waals surface area (Å²) >= 11 is 0. The third-order valence-electron chi connectivity index (χ3n) is 4.17. The Morgan fingerprint density at radius 3 is 2.38 bits per heavy atom. The van der Waals surface area contributed by atoms with E-state index in [0.717, 1.165) is 11.3 Å². The summed E-state index contributed by atoms with van der Waals surface area (Å²) in [5.41, 5.74) is 3.49. The first-order valence-corrected chi connectivity index (χ1v) is 8.23. The number of amides is 1. The van der Waals surface area contributed by atoms with E-state index in [2.05, 4.69) is 36.6 Å². The molecule has 0 unspecified atom stereocenters. The van der Waals surface area contributed by atoms with E-state index < -0.39 is 0 Å². The zero-order chi connectivity index (χ0) is 17.5. The molecule has 0 bridgehead atoms. The summed E-state index contributed by atoms with van der Waals surface area (Å²) in [6, 6.07) is 15.8. The molecule has 0 aliphatic heterocycles. The number of carbonyl (C=O) groups is 1. The summed E-state index contributed by atoms with van der Waals surface area (Å²) in [6.45, 7) is 6.56.